The van der Waals surface area contributed by atoms with Crippen molar-refractivity contribution in [3.63, 3.8) is 0 Å². The summed E-state index contributed by atoms with van der Waals surface area (Å²) in [4.78, 5) is 0. The third-order valence-corrected chi connectivity index (χ3v) is 4.95. The van der Waals surface area contributed by atoms with E-state index in [0.717, 1.165) is 13.0 Å². The van der Waals surface area contributed by atoms with Gasteiger partial charge in [0, 0.05) is 10.5 Å². The SMILES string of the molecule is CCNC1c2ccccc2CCC1Cc1cccc(Br)c1. The van der Waals surface area contributed by atoms with Crippen LogP contribution in [-0.2, 0) is 12.8 Å². The zero-order valence-electron chi connectivity index (χ0n) is 12.5. The first-order chi connectivity index (χ1) is 10.3. The van der Waals surface area contributed by atoms with E-state index in [0.29, 0.717) is 12.0 Å². The molecule has 1 nitrogen and oxygen atoms in total. The number of aryl methyl sites for hydroxylation is 1. The van der Waals surface area contributed by atoms with Crippen molar-refractivity contribution in [3.05, 3.63) is 69.7 Å². The minimum atomic E-state index is 0.485. The lowest BCUT2D eigenvalue weighted by atomic mass is 9.77. The summed E-state index contributed by atoms with van der Waals surface area (Å²) in [5.74, 6) is 0.675. The van der Waals surface area contributed by atoms with Crippen molar-refractivity contribution < 1.29 is 0 Å². The molecule has 0 saturated heterocycles. The third-order valence-electron chi connectivity index (χ3n) is 4.46. The molecule has 0 bridgehead atoms. The molecule has 21 heavy (non-hydrogen) atoms. The van der Waals surface area contributed by atoms with Crippen molar-refractivity contribution in [2.45, 2.75) is 32.2 Å². The van der Waals surface area contributed by atoms with Crippen LogP contribution < -0.4 is 5.32 Å². The molecule has 110 valence electrons. The molecule has 2 atom stereocenters. The monoisotopic (exact) mass is 343 g/mol. The topological polar surface area (TPSA) is 12.0 Å². The predicted molar refractivity (Wildman–Crippen MR) is 92.5 cm³/mol. The second kappa shape index (κ2) is 6.76. The maximum atomic E-state index is 3.71. The summed E-state index contributed by atoms with van der Waals surface area (Å²) < 4.78 is 1.18. The number of halogens is 1. The largest absolute Gasteiger partial charge is 0.310 e. The molecule has 0 spiro atoms. The molecule has 0 saturated carbocycles. The Bertz CT molecular complexity index is 608. The third kappa shape index (κ3) is 3.38. The van der Waals surface area contributed by atoms with Crippen LogP contribution in [-0.4, -0.2) is 6.54 Å². The fraction of sp³-hybridized carbons (Fsp3) is 0.368. The summed E-state index contributed by atoms with van der Waals surface area (Å²) in [6.45, 7) is 3.22. The Labute approximate surface area is 135 Å². The Morgan fingerprint density at radius 1 is 1.14 bits per heavy atom. The van der Waals surface area contributed by atoms with Gasteiger partial charge in [-0.1, -0.05) is 59.3 Å². The summed E-state index contributed by atoms with van der Waals surface area (Å²) in [6, 6.07) is 18.1. The molecule has 0 radical (unpaired) electrons. The number of benzene rings is 2. The van der Waals surface area contributed by atoms with Crippen LogP contribution >= 0.6 is 15.9 Å². The lowest BCUT2D eigenvalue weighted by molar-refractivity contribution is 0.323. The molecule has 2 aromatic carbocycles. The van der Waals surface area contributed by atoms with E-state index in [1.54, 1.807) is 0 Å². The van der Waals surface area contributed by atoms with Gasteiger partial charge in [0.1, 0.15) is 0 Å². The molecule has 0 aromatic heterocycles. The summed E-state index contributed by atoms with van der Waals surface area (Å²) in [7, 11) is 0. The molecule has 1 aliphatic carbocycles. The highest BCUT2D eigenvalue weighted by atomic mass is 79.9. The lowest BCUT2D eigenvalue weighted by Crippen LogP contribution is -2.33. The molecule has 0 fully saturated rings. The van der Waals surface area contributed by atoms with Gasteiger partial charge in [-0.05, 0) is 60.5 Å². The fourth-order valence-corrected chi connectivity index (χ4v) is 3.96. The predicted octanol–water partition coefficient (Wildman–Crippen LogP) is 4.90. The Morgan fingerprint density at radius 2 is 2.00 bits per heavy atom. The van der Waals surface area contributed by atoms with Gasteiger partial charge in [0.2, 0.25) is 0 Å². The fourth-order valence-electron chi connectivity index (χ4n) is 3.51. The maximum Gasteiger partial charge on any atom is 0.0354 e. The van der Waals surface area contributed by atoms with Crippen molar-refractivity contribution in [1.82, 2.24) is 5.32 Å². The Kier molecular flexibility index (Phi) is 4.77. The average Bonchev–Trinajstić information content (AvgIpc) is 2.50. The minimum Gasteiger partial charge on any atom is -0.310 e. The van der Waals surface area contributed by atoms with E-state index in [1.165, 1.54) is 34.0 Å². The van der Waals surface area contributed by atoms with Crippen molar-refractivity contribution in [2.24, 2.45) is 5.92 Å². The maximum absolute atomic E-state index is 3.71. The second-order valence-electron chi connectivity index (χ2n) is 5.87. The first kappa shape index (κ1) is 14.8. The van der Waals surface area contributed by atoms with Gasteiger partial charge in [-0.3, -0.25) is 0 Å². The van der Waals surface area contributed by atoms with Gasteiger partial charge in [0.15, 0.2) is 0 Å². The molecule has 0 amide bonds. The van der Waals surface area contributed by atoms with E-state index >= 15 is 0 Å². The zero-order valence-corrected chi connectivity index (χ0v) is 14.1. The molecule has 2 aromatic rings. The van der Waals surface area contributed by atoms with Gasteiger partial charge in [0.25, 0.3) is 0 Å². The van der Waals surface area contributed by atoms with Gasteiger partial charge < -0.3 is 5.32 Å². The molecule has 2 heteroatoms. The Hall–Kier alpha value is -1.12. The van der Waals surface area contributed by atoms with Gasteiger partial charge >= 0.3 is 0 Å². The molecule has 1 aliphatic rings. The van der Waals surface area contributed by atoms with Crippen molar-refractivity contribution in [2.75, 3.05) is 6.54 Å². The molecular formula is C19H22BrN. The molecule has 0 heterocycles. The van der Waals surface area contributed by atoms with E-state index in [2.05, 4.69) is 76.7 Å². The number of nitrogens with one attached hydrogen (secondary N) is 1. The highest BCUT2D eigenvalue weighted by molar-refractivity contribution is 9.10. The normalized spacial score (nSPS) is 21.0. The van der Waals surface area contributed by atoms with E-state index in [4.69, 9.17) is 0 Å². The van der Waals surface area contributed by atoms with Crippen molar-refractivity contribution >= 4 is 15.9 Å². The number of hydrogen-bond acceptors (Lipinski definition) is 1. The van der Waals surface area contributed by atoms with Gasteiger partial charge in [-0.15, -0.1) is 0 Å². The van der Waals surface area contributed by atoms with E-state index in [1.807, 2.05) is 0 Å². The van der Waals surface area contributed by atoms with Crippen LogP contribution in [0.2, 0.25) is 0 Å². The van der Waals surface area contributed by atoms with Gasteiger partial charge in [-0.2, -0.15) is 0 Å². The van der Waals surface area contributed by atoms with Crippen molar-refractivity contribution in [3.8, 4) is 0 Å². The molecule has 0 aliphatic heterocycles. The van der Waals surface area contributed by atoms with Crippen LogP contribution in [0.25, 0.3) is 0 Å². The standard InChI is InChI=1S/C19H22BrN/c1-2-21-19-16(12-14-6-5-8-17(20)13-14)11-10-15-7-3-4-9-18(15)19/h3-9,13,16,19,21H,2,10-12H2,1H3. The Morgan fingerprint density at radius 3 is 2.81 bits per heavy atom. The highest BCUT2D eigenvalue weighted by Gasteiger charge is 2.28. The van der Waals surface area contributed by atoms with E-state index in [9.17, 15) is 0 Å². The molecule has 3 rings (SSSR count). The Balaban J connectivity index is 1.85. The quantitative estimate of drug-likeness (QED) is 0.831. The van der Waals surface area contributed by atoms with E-state index in [-0.39, 0.29) is 0 Å². The van der Waals surface area contributed by atoms with Gasteiger partial charge in [-0.25, -0.2) is 0 Å². The summed E-state index contributed by atoms with van der Waals surface area (Å²) >= 11 is 3.58. The van der Waals surface area contributed by atoms with Crippen LogP contribution in [0.1, 0.15) is 36.1 Å². The van der Waals surface area contributed by atoms with Crippen LogP contribution in [0.3, 0.4) is 0 Å². The van der Waals surface area contributed by atoms with Crippen molar-refractivity contribution in [1.29, 1.82) is 0 Å². The number of fused-ring (bicyclic) bond motifs is 1. The minimum absolute atomic E-state index is 0.485. The lowest BCUT2D eigenvalue weighted by Gasteiger charge is -2.34. The van der Waals surface area contributed by atoms with Crippen LogP contribution in [0.4, 0.5) is 0 Å². The zero-order chi connectivity index (χ0) is 14.7. The van der Waals surface area contributed by atoms with Crippen LogP contribution in [0, 0.1) is 5.92 Å². The highest BCUT2D eigenvalue weighted by Crippen LogP contribution is 2.36. The van der Waals surface area contributed by atoms with Crippen LogP contribution in [0.5, 0.6) is 0 Å². The van der Waals surface area contributed by atoms with E-state index < -0.39 is 0 Å². The van der Waals surface area contributed by atoms with Gasteiger partial charge in [0.05, 0.1) is 0 Å². The summed E-state index contributed by atoms with van der Waals surface area (Å²) in [5.41, 5.74) is 4.45. The summed E-state index contributed by atoms with van der Waals surface area (Å²) in [5, 5.41) is 3.71. The number of hydrogen-bond donors (Lipinski definition) is 1. The summed E-state index contributed by atoms with van der Waals surface area (Å²) in [6.07, 6.45) is 3.61. The smallest absolute Gasteiger partial charge is 0.0354 e. The number of rotatable bonds is 4. The molecule has 2 unspecified atom stereocenters. The van der Waals surface area contributed by atoms with Crippen LogP contribution in [0.15, 0.2) is 53.0 Å². The molecule has 1 N–H and O–H groups in total. The molecular weight excluding hydrogens is 322 g/mol. The average molecular weight is 344 g/mol. The second-order valence-corrected chi connectivity index (χ2v) is 6.78. The first-order valence-electron chi connectivity index (χ1n) is 7.83. The first-order valence-corrected chi connectivity index (χ1v) is 8.63.